The van der Waals surface area contributed by atoms with E-state index < -0.39 is 5.60 Å². The smallest absolute Gasteiger partial charge is 0.258 e. The van der Waals surface area contributed by atoms with Gasteiger partial charge in [0.2, 0.25) is 0 Å². The van der Waals surface area contributed by atoms with E-state index in [0.29, 0.717) is 18.1 Å². The quantitative estimate of drug-likeness (QED) is 0.805. The first kappa shape index (κ1) is 16.5. The number of carbonyl (C=O) groups excluding carboxylic acids is 1. The second-order valence-corrected chi connectivity index (χ2v) is 5.98. The maximum absolute atomic E-state index is 11.7. The average Bonchev–Trinajstić information content (AvgIpc) is 2.32. The van der Waals surface area contributed by atoms with Gasteiger partial charge in [0.05, 0.1) is 5.60 Å². The minimum atomic E-state index is -0.882. The van der Waals surface area contributed by atoms with Crippen molar-refractivity contribution in [3.8, 4) is 5.75 Å². The van der Waals surface area contributed by atoms with Crippen molar-refractivity contribution in [1.82, 2.24) is 5.32 Å². The third-order valence-electron chi connectivity index (χ3n) is 2.87. The Morgan fingerprint density at radius 1 is 1.45 bits per heavy atom. The summed E-state index contributed by atoms with van der Waals surface area (Å²) in [5.74, 6) is 0.829. The van der Waals surface area contributed by atoms with Gasteiger partial charge in [-0.1, -0.05) is 26.0 Å². The van der Waals surface area contributed by atoms with Gasteiger partial charge in [-0.15, -0.1) is 0 Å². The lowest BCUT2D eigenvalue weighted by Gasteiger charge is -2.25. The van der Waals surface area contributed by atoms with Crippen LogP contribution in [0.4, 0.5) is 0 Å². The normalized spacial score (nSPS) is 13.9. The molecule has 1 unspecified atom stereocenters. The van der Waals surface area contributed by atoms with E-state index in [9.17, 15) is 9.90 Å². The molecule has 2 N–H and O–H groups in total. The Hall–Kier alpha value is -1.55. The molecular weight excluding hydrogens is 254 g/mol. The summed E-state index contributed by atoms with van der Waals surface area (Å²) in [5, 5.41) is 12.8. The van der Waals surface area contributed by atoms with Crippen LogP contribution in [0.5, 0.6) is 5.75 Å². The molecule has 20 heavy (non-hydrogen) atoms. The van der Waals surface area contributed by atoms with E-state index in [1.807, 2.05) is 45.0 Å². The maximum Gasteiger partial charge on any atom is 0.258 e. The van der Waals surface area contributed by atoms with Crippen molar-refractivity contribution in [2.24, 2.45) is 5.92 Å². The third-order valence-corrected chi connectivity index (χ3v) is 2.87. The zero-order valence-electron chi connectivity index (χ0n) is 12.8. The highest BCUT2D eigenvalue weighted by atomic mass is 16.5. The molecule has 0 fully saturated rings. The van der Waals surface area contributed by atoms with E-state index in [4.69, 9.17) is 4.74 Å². The molecule has 1 aromatic rings. The lowest BCUT2D eigenvalue weighted by Crippen LogP contribution is -2.43. The predicted molar refractivity (Wildman–Crippen MR) is 79.8 cm³/mol. The van der Waals surface area contributed by atoms with Gasteiger partial charge in [0, 0.05) is 6.54 Å². The van der Waals surface area contributed by atoms with Gasteiger partial charge in [-0.25, -0.2) is 0 Å². The van der Waals surface area contributed by atoms with Crippen LogP contribution >= 0.6 is 0 Å². The Labute approximate surface area is 121 Å². The van der Waals surface area contributed by atoms with Crippen LogP contribution in [-0.4, -0.2) is 29.8 Å². The second-order valence-electron chi connectivity index (χ2n) is 5.98. The number of nitrogens with one attached hydrogen (secondary N) is 1. The van der Waals surface area contributed by atoms with Gasteiger partial charge in [0.25, 0.3) is 5.91 Å². The summed E-state index contributed by atoms with van der Waals surface area (Å²) in [5.41, 5.74) is 0.204. The summed E-state index contributed by atoms with van der Waals surface area (Å²) in [6, 6.07) is 7.55. The second kappa shape index (κ2) is 7.29. The molecule has 0 bridgehead atoms. The first-order valence-corrected chi connectivity index (χ1v) is 6.97. The van der Waals surface area contributed by atoms with Crippen molar-refractivity contribution in [3.05, 3.63) is 29.8 Å². The first-order valence-electron chi connectivity index (χ1n) is 6.97. The topological polar surface area (TPSA) is 58.6 Å². The summed E-state index contributed by atoms with van der Waals surface area (Å²) in [6.45, 7) is 7.97. The van der Waals surface area contributed by atoms with Crippen LogP contribution in [0.1, 0.15) is 32.8 Å². The lowest BCUT2D eigenvalue weighted by molar-refractivity contribution is -0.124. The molecule has 0 aliphatic rings. The summed E-state index contributed by atoms with van der Waals surface area (Å²) >= 11 is 0. The van der Waals surface area contributed by atoms with Crippen molar-refractivity contribution < 1.29 is 14.6 Å². The van der Waals surface area contributed by atoms with Gasteiger partial charge in [0.15, 0.2) is 6.61 Å². The largest absolute Gasteiger partial charge is 0.484 e. The minimum Gasteiger partial charge on any atom is -0.484 e. The molecule has 0 saturated heterocycles. The first-order chi connectivity index (χ1) is 9.28. The van der Waals surface area contributed by atoms with Crippen molar-refractivity contribution >= 4 is 5.91 Å². The monoisotopic (exact) mass is 279 g/mol. The number of aryl methyl sites for hydroxylation is 1. The number of amides is 1. The van der Waals surface area contributed by atoms with E-state index in [1.165, 1.54) is 0 Å². The van der Waals surface area contributed by atoms with Gasteiger partial charge in [-0.05, 0) is 43.9 Å². The average molecular weight is 279 g/mol. The number of benzene rings is 1. The molecule has 0 saturated carbocycles. The lowest BCUT2D eigenvalue weighted by atomic mass is 9.94. The Kier molecular flexibility index (Phi) is 6.02. The summed E-state index contributed by atoms with van der Waals surface area (Å²) in [6.07, 6.45) is 0.645. The molecule has 4 heteroatoms. The molecule has 112 valence electrons. The SMILES string of the molecule is Cc1cccc(OCC(=O)NCC(C)(O)CC(C)C)c1. The highest BCUT2D eigenvalue weighted by Crippen LogP contribution is 2.15. The van der Waals surface area contributed by atoms with Gasteiger partial charge in [-0.2, -0.15) is 0 Å². The van der Waals surface area contributed by atoms with E-state index in [0.717, 1.165) is 5.56 Å². The molecule has 0 radical (unpaired) electrons. The number of rotatable bonds is 7. The molecule has 0 aromatic heterocycles. The van der Waals surface area contributed by atoms with E-state index in [1.54, 1.807) is 6.92 Å². The number of aliphatic hydroxyl groups is 1. The minimum absolute atomic E-state index is 0.0405. The van der Waals surface area contributed by atoms with Crippen molar-refractivity contribution in [2.75, 3.05) is 13.2 Å². The standard InChI is InChI=1S/C16H25NO3/c1-12(2)9-16(4,19)11-17-15(18)10-20-14-7-5-6-13(3)8-14/h5-8,12,19H,9-11H2,1-4H3,(H,17,18). The van der Waals surface area contributed by atoms with Gasteiger partial charge >= 0.3 is 0 Å². The molecule has 1 amide bonds. The summed E-state index contributed by atoms with van der Waals surface area (Å²) < 4.78 is 5.40. The zero-order valence-corrected chi connectivity index (χ0v) is 12.8. The van der Waals surface area contributed by atoms with Gasteiger partial charge in [0.1, 0.15) is 5.75 Å². The molecule has 1 aromatic carbocycles. The number of hydrogen-bond acceptors (Lipinski definition) is 3. The maximum atomic E-state index is 11.7. The Bertz CT molecular complexity index is 441. The highest BCUT2D eigenvalue weighted by Gasteiger charge is 2.22. The molecule has 0 aliphatic carbocycles. The molecule has 1 rings (SSSR count). The number of carbonyl (C=O) groups is 1. The van der Waals surface area contributed by atoms with Crippen LogP contribution in [0, 0.1) is 12.8 Å². The third kappa shape index (κ3) is 6.57. The Balaban J connectivity index is 2.34. The number of hydrogen-bond donors (Lipinski definition) is 2. The van der Waals surface area contributed by atoms with Gasteiger partial charge < -0.3 is 15.2 Å². The van der Waals surface area contributed by atoms with Crippen LogP contribution in [0.15, 0.2) is 24.3 Å². The molecule has 4 nitrogen and oxygen atoms in total. The number of ether oxygens (including phenoxy) is 1. The van der Waals surface area contributed by atoms with E-state index >= 15 is 0 Å². The predicted octanol–water partition coefficient (Wildman–Crippen LogP) is 2.29. The van der Waals surface area contributed by atoms with Crippen LogP contribution < -0.4 is 10.1 Å². The van der Waals surface area contributed by atoms with Crippen LogP contribution in [0.25, 0.3) is 0 Å². The van der Waals surface area contributed by atoms with Crippen LogP contribution in [0.3, 0.4) is 0 Å². The summed E-state index contributed by atoms with van der Waals surface area (Å²) in [4.78, 5) is 11.7. The highest BCUT2D eigenvalue weighted by molar-refractivity contribution is 5.77. The van der Waals surface area contributed by atoms with Crippen LogP contribution in [0.2, 0.25) is 0 Å². The van der Waals surface area contributed by atoms with E-state index in [2.05, 4.69) is 5.32 Å². The molecule has 0 spiro atoms. The molecule has 0 aliphatic heterocycles. The van der Waals surface area contributed by atoms with Crippen molar-refractivity contribution in [2.45, 2.75) is 39.7 Å². The van der Waals surface area contributed by atoms with Crippen LogP contribution in [-0.2, 0) is 4.79 Å². The molecule has 0 heterocycles. The van der Waals surface area contributed by atoms with Crippen molar-refractivity contribution in [1.29, 1.82) is 0 Å². The Morgan fingerprint density at radius 2 is 2.15 bits per heavy atom. The fourth-order valence-electron chi connectivity index (χ4n) is 2.15. The zero-order chi connectivity index (χ0) is 15.2. The fourth-order valence-corrected chi connectivity index (χ4v) is 2.15. The fraction of sp³-hybridized carbons (Fsp3) is 0.562. The Morgan fingerprint density at radius 3 is 2.75 bits per heavy atom. The molecular formula is C16H25NO3. The summed E-state index contributed by atoms with van der Waals surface area (Å²) in [7, 11) is 0. The molecule has 1 atom stereocenters. The van der Waals surface area contributed by atoms with E-state index in [-0.39, 0.29) is 19.1 Å². The van der Waals surface area contributed by atoms with Gasteiger partial charge in [-0.3, -0.25) is 4.79 Å². The van der Waals surface area contributed by atoms with Crippen molar-refractivity contribution in [3.63, 3.8) is 0 Å².